The highest BCUT2D eigenvalue weighted by atomic mass is 16.6. The lowest BCUT2D eigenvalue weighted by molar-refractivity contribution is 0.0635. The summed E-state index contributed by atoms with van der Waals surface area (Å²) in [6.07, 6.45) is 2.88. The van der Waals surface area contributed by atoms with Gasteiger partial charge in [-0.25, -0.2) is 9.59 Å². The van der Waals surface area contributed by atoms with Gasteiger partial charge in [-0.3, -0.25) is 15.1 Å². The van der Waals surface area contributed by atoms with Crippen molar-refractivity contribution in [2.24, 2.45) is 0 Å². The molecule has 0 bridgehead atoms. The van der Waals surface area contributed by atoms with Gasteiger partial charge in [0.15, 0.2) is 0 Å². The van der Waals surface area contributed by atoms with Crippen LogP contribution >= 0.6 is 0 Å². The molecule has 0 atom stereocenters. The molecule has 2 heterocycles. The Bertz CT molecular complexity index is 1260. The molecule has 1 saturated heterocycles. The molecule has 0 radical (unpaired) electrons. The van der Waals surface area contributed by atoms with Crippen LogP contribution in [0.5, 0.6) is 0 Å². The number of urea groups is 1. The first kappa shape index (κ1) is 25.7. The van der Waals surface area contributed by atoms with Crippen molar-refractivity contribution in [3.05, 3.63) is 89.7 Å². The van der Waals surface area contributed by atoms with Gasteiger partial charge in [0, 0.05) is 44.1 Å². The van der Waals surface area contributed by atoms with E-state index in [4.69, 9.17) is 4.74 Å². The zero-order valence-electron chi connectivity index (χ0n) is 21.2. The highest BCUT2D eigenvalue weighted by Gasteiger charge is 2.28. The van der Waals surface area contributed by atoms with E-state index in [2.05, 4.69) is 15.6 Å². The molecule has 0 unspecified atom stereocenters. The molecule has 1 aromatic heterocycles. The Kier molecular flexibility index (Phi) is 7.71. The Morgan fingerprint density at radius 2 is 1.49 bits per heavy atom. The van der Waals surface area contributed by atoms with Crippen molar-refractivity contribution < 1.29 is 19.1 Å². The normalized spacial score (nSPS) is 13.4. The second kappa shape index (κ2) is 11.1. The van der Waals surface area contributed by atoms with E-state index in [1.54, 1.807) is 74.5 Å². The number of pyridine rings is 1. The summed E-state index contributed by atoms with van der Waals surface area (Å²) in [5.74, 6) is -0.315. The highest BCUT2D eigenvalue weighted by Crippen LogP contribution is 2.23. The molecule has 3 aromatic rings. The fourth-order valence-corrected chi connectivity index (χ4v) is 3.93. The van der Waals surface area contributed by atoms with Gasteiger partial charge in [-0.2, -0.15) is 0 Å². The van der Waals surface area contributed by atoms with Crippen LogP contribution in [0, 0.1) is 0 Å². The molecular formula is C28H31N5O4. The first-order chi connectivity index (χ1) is 17.7. The van der Waals surface area contributed by atoms with Gasteiger partial charge in [-0.1, -0.05) is 30.3 Å². The first-order valence-electron chi connectivity index (χ1n) is 12.1. The number of aromatic nitrogens is 1. The average Bonchev–Trinajstić information content (AvgIpc) is 3.19. The number of hydrogen-bond acceptors (Lipinski definition) is 5. The minimum atomic E-state index is -0.638. The van der Waals surface area contributed by atoms with Gasteiger partial charge in [0.05, 0.1) is 11.4 Å². The quantitative estimate of drug-likeness (QED) is 0.468. The van der Waals surface area contributed by atoms with Gasteiger partial charge in [-0.05, 0) is 62.2 Å². The van der Waals surface area contributed by atoms with Crippen molar-refractivity contribution in [1.82, 2.24) is 14.8 Å². The number of nitrogens with zero attached hydrogens (tertiary/aromatic N) is 3. The van der Waals surface area contributed by atoms with Crippen molar-refractivity contribution in [3.8, 4) is 0 Å². The molecule has 2 aromatic carbocycles. The van der Waals surface area contributed by atoms with E-state index in [1.807, 2.05) is 29.2 Å². The van der Waals surface area contributed by atoms with Crippen molar-refractivity contribution in [2.45, 2.75) is 39.5 Å². The number of carbonyl (C=O) groups excluding carboxylic acids is 3. The molecule has 4 rings (SSSR count). The largest absolute Gasteiger partial charge is 0.444 e. The predicted molar refractivity (Wildman–Crippen MR) is 141 cm³/mol. The van der Waals surface area contributed by atoms with Gasteiger partial charge in [0.25, 0.3) is 5.91 Å². The number of carbonyl (C=O) groups is 3. The van der Waals surface area contributed by atoms with Gasteiger partial charge < -0.3 is 19.9 Å². The van der Waals surface area contributed by atoms with Crippen LogP contribution in [-0.4, -0.2) is 51.5 Å². The van der Waals surface area contributed by atoms with Crippen LogP contribution < -0.4 is 10.6 Å². The lowest BCUT2D eigenvalue weighted by Crippen LogP contribution is -2.31. The van der Waals surface area contributed by atoms with Crippen LogP contribution in [0.1, 0.15) is 42.3 Å². The molecule has 0 spiro atoms. The predicted octanol–water partition coefficient (Wildman–Crippen LogP) is 5.12. The number of ether oxygens (including phenoxy) is 1. The molecule has 192 valence electrons. The van der Waals surface area contributed by atoms with Gasteiger partial charge in [0.1, 0.15) is 5.60 Å². The van der Waals surface area contributed by atoms with Crippen LogP contribution in [0.25, 0.3) is 0 Å². The zero-order valence-corrected chi connectivity index (χ0v) is 21.2. The average molecular weight is 502 g/mol. The molecule has 1 fully saturated rings. The molecule has 2 N–H and O–H groups in total. The fourth-order valence-electron chi connectivity index (χ4n) is 3.93. The SMILES string of the molecule is CC(C)(C)OC(=O)Nc1ccccc1NC(=O)c1ccc(CN2CCN(Cc3cccnc3)C2=O)cc1. The second-order valence-corrected chi connectivity index (χ2v) is 9.81. The van der Waals surface area contributed by atoms with Crippen molar-refractivity contribution in [2.75, 3.05) is 23.7 Å². The lowest BCUT2D eigenvalue weighted by atomic mass is 10.1. The van der Waals surface area contributed by atoms with E-state index in [0.717, 1.165) is 11.1 Å². The molecule has 1 aliphatic heterocycles. The van der Waals surface area contributed by atoms with E-state index in [0.29, 0.717) is 43.1 Å². The summed E-state index contributed by atoms with van der Waals surface area (Å²) in [4.78, 5) is 45.6. The summed E-state index contributed by atoms with van der Waals surface area (Å²) < 4.78 is 5.30. The fraction of sp³-hybridized carbons (Fsp3) is 0.286. The molecular weight excluding hydrogens is 470 g/mol. The summed E-state index contributed by atoms with van der Waals surface area (Å²) in [7, 11) is 0. The Hall–Kier alpha value is -4.40. The lowest BCUT2D eigenvalue weighted by Gasteiger charge is -2.20. The summed E-state index contributed by atoms with van der Waals surface area (Å²) in [5, 5.41) is 5.51. The van der Waals surface area contributed by atoms with Crippen LogP contribution in [0.3, 0.4) is 0 Å². The van der Waals surface area contributed by atoms with Crippen LogP contribution in [0.15, 0.2) is 73.1 Å². The summed E-state index contributed by atoms with van der Waals surface area (Å²) in [5.41, 5.74) is 2.64. The zero-order chi connectivity index (χ0) is 26.4. The standard InChI is InChI=1S/C28H31N5O4/c1-28(2,3)37-26(35)31-24-9-5-4-8-23(24)30-25(34)22-12-10-20(11-13-22)18-32-15-16-33(27(32)36)19-21-7-6-14-29-17-21/h4-14,17H,15-16,18-19H2,1-3H3,(H,30,34)(H,31,35). The third-order valence-corrected chi connectivity index (χ3v) is 5.68. The van der Waals surface area contributed by atoms with Crippen LogP contribution in [0.4, 0.5) is 21.0 Å². The molecule has 0 aliphatic carbocycles. The van der Waals surface area contributed by atoms with Crippen LogP contribution in [0.2, 0.25) is 0 Å². The minimum Gasteiger partial charge on any atom is -0.444 e. The topological polar surface area (TPSA) is 104 Å². The van der Waals surface area contributed by atoms with Gasteiger partial charge >= 0.3 is 12.1 Å². The summed E-state index contributed by atoms with van der Waals surface area (Å²) in [6.45, 7) is 7.64. The number of rotatable bonds is 7. The Labute approximate surface area is 216 Å². The van der Waals surface area contributed by atoms with Crippen molar-refractivity contribution >= 4 is 29.4 Å². The van der Waals surface area contributed by atoms with Crippen molar-refractivity contribution in [1.29, 1.82) is 0 Å². The van der Waals surface area contributed by atoms with Gasteiger partial charge in [0.2, 0.25) is 0 Å². The number of hydrogen-bond donors (Lipinski definition) is 2. The molecule has 4 amide bonds. The van der Waals surface area contributed by atoms with Gasteiger partial charge in [-0.15, -0.1) is 0 Å². The van der Waals surface area contributed by atoms with Crippen LogP contribution in [-0.2, 0) is 17.8 Å². The number of anilines is 2. The molecule has 37 heavy (non-hydrogen) atoms. The van der Waals surface area contributed by atoms with E-state index in [1.165, 1.54) is 0 Å². The first-order valence-corrected chi connectivity index (χ1v) is 12.1. The monoisotopic (exact) mass is 501 g/mol. The maximum absolute atomic E-state index is 12.9. The smallest absolute Gasteiger partial charge is 0.412 e. The number of benzene rings is 2. The molecule has 0 saturated carbocycles. The molecule has 9 heteroatoms. The summed E-state index contributed by atoms with van der Waals surface area (Å²) in [6, 6.07) is 17.9. The molecule has 1 aliphatic rings. The minimum absolute atomic E-state index is 0.0141. The Morgan fingerprint density at radius 1 is 0.865 bits per heavy atom. The number of amides is 4. The second-order valence-electron chi connectivity index (χ2n) is 9.81. The Balaban J connectivity index is 1.34. The highest BCUT2D eigenvalue weighted by molar-refractivity contribution is 6.06. The van der Waals surface area contributed by atoms with E-state index in [-0.39, 0.29) is 11.9 Å². The summed E-state index contributed by atoms with van der Waals surface area (Å²) >= 11 is 0. The maximum atomic E-state index is 12.9. The van der Waals surface area contributed by atoms with E-state index < -0.39 is 11.7 Å². The third-order valence-electron chi connectivity index (χ3n) is 5.68. The van der Waals surface area contributed by atoms with Crippen molar-refractivity contribution in [3.63, 3.8) is 0 Å². The van der Waals surface area contributed by atoms with E-state index >= 15 is 0 Å². The molecule has 9 nitrogen and oxygen atoms in total. The third kappa shape index (κ3) is 7.07. The number of nitrogens with one attached hydrogen (secondary N) is 2. The number of para-hydroxylation sites is 2. The Morgan fingerprint density at radius 3 is 2.08 bits per heavy atom. The maximum Gasteiger partial charge on any atom is 0.412 e. The van der Waals surface area contributed by atoms with E-state index in [9.17, 15) is 14.4 Å².